The lowest BCUT2D eigenvalue weighted by atomic mass is 9.96. The average Bonchev–Trinajstić information content (AvgIpc) is 2.75. The van der Waals surface area contributed by atoms with Crippen LogP contribution in [0.15, 0.2) is 60.7 Å². The SMILES string of the molecule is CCC(CC)NC[C@H](O)[C@H](Cc1ccccc1)NC(=O)CC(C)c1ccccc1. The minimum atomic E-state index is -0.646. The highest BCUT2D eigenvalue weighted by Crippen LogP contribution is 2.18. The molecular weight excluding hydrogens is 360 g/mol. The summed E-state index contributed by atoms with van der Waals surface area (Å²) in [4.78, 5) is 12.7. The molecule has 1 unspecified atom stereocenters. The second-order valence-electron chi connectivity index (χ2n) is 7.87. The molecule has 0 aromatic heterocycles. The summed E-state index contributed by atoms with van der Waals surface area (Å²) in [6.45, 7) is 6.81. The van der Waals surface area contributed by atoms with Crippen LogP contribution < -0.4 is 10.6 Å². The molecule has 0 spiro atoms. The summed E-state index contributed by atoms with van der Waals surface area (Å²) in [5.74, 6) is 0.109. The van der Waals surface area contributed by atoms with Gasteiger partial charge in [0.1, 0.15) is 0 Å². The first kappa shape index (κ1) is 23.1. The fourth-order valence-electron chi connectivity index (χ4n) is 3.60. The lowest BCUT2D eigenvalue weighted by Crippen LogP contribution is -2.50. The molecule has 0 saturated heterocycles. The fraction of sp³-hybridized carbons (Fsp3) is 0.480. The second-order valence-corrected chi connectivity index (χ2v) is 7.87. The van der Waals surface area contributed by atoms with E-state index in [2.05, 4.69) is 31.4 Å². The van der Waals surface area contributed by atoms with Crippen LogP contribution in [-0.4, -0.2) is 35.7 Å². The second kappa shape index (κ2) is 12.4. The number of aliphatic hydroxyl groups is 1. The molecule has 2 rings (SSSR count). The Balaban J connectivity index is 2.00. The Labute approximate surface area is 175 Å². The van der Waals surface area contributed by atoms with Crippen molar-refractivity contribution in [2.75, 3.05) is 6.54 Å². The highest BCUT2D eigenvalue weighted by molar-refractivity contribution is 5.77. The van der Waals surface area contributed by atoms with E-state index in [1.165, 1.54) is 0 Å². The predicted molar refractivity (Wildman–Crippen MR) is 120 cm³/mol. The van der Waals surface area contributed by atoms with Crippen molar-refractivity contribution in [2.45, 2.75) is 70.6 Å². The van der Waals surface area contributed by atoms with Crippen LogP contribution in [0.5, 0.6) is 0 Å². The van der Waals surface area contributed by atoms with Gasteiger partial charge in [-0.2, -0.15) is 0 Å². The summed E-state index contributed by atoms with van der Waals surface area (Å²) in [5, 5.41) is 17.4. The zero-order valence-corrected chi connectivity index (χ0v) is 18.0. The van der Waals surface area contributed by atoms with E-state index in [4.69, 9.17) is 0 Å². The van der Waals surface area contributed by atoms with Gasteiger partial charge in [-0.25, -0.2) is 0 Å². The molecule has 29 heavy (non-hydrogen) atoms. The van der Waals surface area contributed by atoms with Crippen LogP contribution in [0.3, 0.4) is 0 Å². The third kappa shape index (κ3) is 8.00. The van der Waals surface area contributed by atoms with Gasteiger partial charge in [-0.1, -0.05) is 81.4 Å². The number of nitrogens with one attached hydrogen (secondary N) is 2. The summed E-state index contributed by atoms with van der Waals surface area (Å²) < 4.78 is 0. The molecule has 4 nitrogen and oxygen atoms in total. The van der Waals surface area contributed by atoms with Crippen LogP contribution in [0, 0.1) is 0 Å². The Morgan fingerprint density at radius 3 is 2.14 bits per heavy atom. The Kier molecular flexibility index (Phi) is 9.89. The molecule has 2 aromatic rings. The Morgan fingerprint density at radius 1 is 0.966 bits per heavy atom. The number of amides is 1. The maximum absolute atomic E-state index is 12.7. The quantitative estimate of drug-likeness (QED) is 0.507. The highest BCUT2D eigenvalue weighted by Gasteiger charge is 2.23. The zero-order valence-electron chi connectivity index (χ0n) is 18.0. The van der Waals surface area contributed by atoms with E-state index in [0.29, 0.717) is 25.4 Å². The molecule has 3 atom stereocenters. The molecule has 0 heterocycles. The van der Waals surface area contributed by atoms with Gasteiger partial charge < -0.3 is 15.7 Å². The molecule has 4 heteroatoms. The minimum Gasteiger partial charge on any atom is -0.390 e. The third-order valence-corrected chi connectivity index (χ3v) is 5.57. The van der Waals surface area contributed by atoms with Crippen molar-refractivity contribution in [3.63, 3.8) is 0 Å². The van der Waals surface area contributed by atoms with Gasteiger partial charge in [-0.05, 0) is 36.3 Å². The van der Waals surface area contributed by atoms with E-state index in [0.717, 1.165) is 24.0 Å². The zero-order chi connectivity index (χ0) is 21.1. The number of benzene rings is 2. The van der Waals surface area contributed by atoms with Gasteiger partial charge in [0.25, 0.3) is 0 Å². The lowest BCUT2D eigenvalue weighted by Gasteiger charge is -2.27. The molecule has 0 radical (unpaired) electrons. The topological polar surface area (TPSA) is 61.4 Å². The molecular formula is C25H36N2O2. The molecule has 3 N–H and O–H groups in total. The predicted octanol–water partition coefficient (Wildman–Crippen LogP) is 4.05. The number of rotatable bonds is 12. The van der Waals surface area contributed by atoms with Crippen molar-refractivity contribution in [1.29, 1.82) is 0 Å². The smallest absolute Gasteiger partial charge is 0.220 e. The molecule has 158 valence electrons. The van der Waals surface area contributed by atoms with Crippen molar-refractivity contribution in [3.05, 3.63) is 71.8 Å². The van der Waals surface area contributed by atoms with Gasteiger partial charge in [-0.15, -0.1) is 0 Å². The van der Waals surface area contributed by atoms with Crippen LogP contribution in [0.25, 0.3) is 0 Å². The van der Waals surface area contributed by atoms with Crippen molar-refractivity contribution in [3.8, 4) is 0 Å². The molecule has 1 amide bonds. The molecule has 0 aliphatic heterocycles. The monoisotopic (exact) mass is 396 g/mol. The van der Waals surface area contributed by atoms with Crippen LogP contribution in [0.1, 0.15) is 57.1 Å². The Morgan fingerprint density at radius 2 is 1.55 bits per heavy atom. The largest absolute Gasteiger partial charge is 0.390 e. The van der Waals surface area contributed by atoms with E-state index in [1.807, 2.05) is 60.7 Å². The average molecular weight is 397 g/mol. The Hall–Kier alpha value is -2.17. The summed E-state index contributed by atoms with van der Waals surface area (Å²) in [7, 11) is 0. The summed E-state index contributed by atoms with van der Waals surface area (Å²) in [6.07, 6.45) is 2.41. The van der Waals surface area contributed by atoms with Crippen LogP contribution in [-0.2, 0) is 11.2 Å². The van der Waals surface area contributed by atoms with Gasteiger partial charge in [0.2, 0.25) is 5.91 Å². The van der Waals surface area contributed by atoms with Crippen molar-refractivity contribution >= 4 is 5.91 Å². The molecule has 0 fully saturated rings. The van der Waals surface area contributed by atoms with Gasteiger partial charge in [0.15, 0.2) is 0 Å². The Bertz CT molecular complexity index is 701. The summed E-state index contributed by atoms with van der Waals surface area (Å²) in [5.41, 5.74) is 2.26. The molecule has 0 aliphatic rings. The first-order valence-electron chi connectivity index (χ1n) is 10.8. The first-order valence-corrected chi connectivity index (χ1v) is 10.8. The maximum atomic E-state index is 12.7. The first-order chi connectivity index (χ1) is 14.0. The number of aliphatic hydroxyl groups excluding tert-OH is 1. The summed E-state index contributed by atoms with van der Waals surface area (Å²) >= 11 is 0. The molecule has 0 bridgehead atoms. The fourth-order valence-corrected chi connectivity index (χ4v) is 3.60. The number of hydrogen-bond acceptors (Lipinski definition) is 3. The number of carbonyl (C=O) groups excluding carboxylic acids is 1. The van der Waals surface area contributed by atoms with E-state index >= 15 is 0 Å². The highest BCUT2D eigenvalue weighted by atomic mass is 16.3. The van der Waals surface area contributed by atoms with E-state index in [-0.39, 0.29) is 17.9 Å². The molecule has 2 aromatic carbocycles. The van der Waals surface area contributed by atoms with E-state index < -0.39 is 6.10 Å². The normalized spacial score (nSPS) is 14.4. The van der Waals surface area contributed by atoms with Crippen molar-refractivity contribution in [1.82, 2.24) is 10.6 Å². The van der Waals surface area contributed by atoms with Crippen LogP contribution in [0.2, 0.25) is 0 Å². The van der Waals surface area contributed by atoms with Crippen molar-refractivity contribution < 1.29 is 9.90 Å². The minimum absolute atomic E-state index is 0.0242. The van der Waals surface area contributed by atoms with Crippen LogP contribution >= 0.6 is 0 Å². The standard InChI is InChI=1S/C25H36N2O2/c1-4-22(5-2)26-18-24(28)23(17-20-12-8-6-9-13-20)27-25(29)16-19(3)21-14-10-7-11-15-21/h6-15,19,22-24,26,28H,4-5,16-18H2,1-3H3,(H,27,29)/t19?,23-,24-/m0/s1. The van der Waals surface area contributed by atoms with E-state index in [1.54, 1.807) is 0 Å². The number of carbonyl (C=O) groups is 1. The summed E-state index contributed by atoms with van der Waals surface area (Å²) in [6, 6.07) is 20.1. The van der Waals surface area contributed by atoms with Gasteiger partial charge in [0.05, 0.1) is 12.1 Å². The van der Waals surface area contributed by atoms with Gasteiger partial charge in [-0.3, -0.25) is 4.79 Å². The van der Waals surface area contributed by atoms with Crippen LogP contribution in [0.4, 0.5) is 0 Å². The molecule has 0 saturated carbocycles. The third-order valence-electron chi connectivity index (χ3n) is 5.57. The van der Waals surface area contributed by atoms with Crippen molar-refractivity contribution in [2.24, 2.45) is 0 Å². The van der Waals surface area contributed by atoms with Gasteiger partial charge >= 0.3 is 0 Å². The van der Waals surface area contributed by atoms with E-state index in [9.17, 15) is 9.90 Å². The molecule has 0 aliphatic carbocycles. The number of hydrogen-bond donors (Lipinski definition) is 3. The maximum Gasteiger partial charge on any atom is 0.220 e. The lowest BCUT2D eigenvalue weighted by molar-refractivity contribution is -0.123. The van der Waals surface area contributed by atoms with Gasteiger partial charge in [0, 0.05) is 19.0 Å².